The van der Waals surface area contributed by atoms with Crippen molar-refractivity contribution in [1.82, 2.24) is 9.80 Å². The van der Waals surface area contributed by atoms with E-state index in [0.717, 1.165) is 22.7 Å². The van der Waals surface area contributed by atoms with Gasteiger partial charge in [-0.3, -0.25) is 4.79 Å². The molecule has 0 radical (unpaired) electrons. The monoisotopic (exact) mass is 282 g/mol. The molecule has 4 nitrogen and oxygen atoms in total. The molecule has 1 amide bonds. The number of likely N-dealkylation sites (tertiary alicyclic amines) is 1. The maximum absolute atomic E-state index is 12.4. The molecule has 1 fully saturated rings. The Balaban J connectivity index is 2.08. The molecule has 1 saturated heterocycles. The molecule has 0 spiro atoms. The normalized spacial score (nSPS) is 23.9. The van der Waals surface area contributed by atoms with Gasteiger partial charge in [-0.05, 0) is 39.6 Å². The average molecular weight is 282 g/mol. The SMILES string of the molecule is Cc1ccc(C(=O)N2CC[C@H](CO)[C@H](N(C)C)C2)s1. The Hall–Kier alpha value is -0.910. The average Bonchev–Trinajstić information content (AvgIpc) is 2.83. The zero-order valence-electron chi connectivity index (χ0n) is 11.8. The molecule has 1 aliphatic heterocycles. The Labute approximate surface area is 118 Å². The van der Waals surface area contributed by atoms with Crippen molar-refractivity contribution in [3.05, 3.63) is 21.9 Å². The minimum atomic E-state index is 0.126. The Morgan fingerprint density at radius 3 is 2.79 bits per heavy atom. The van der Waals surface area contributed by atoms with E-state index >= 15 is 0 Å². The van der Waals surface area contributed by atoms with Crippen LogP contribution in [0.1, 0.15) is 21.0 Å². The number of carbonyl (C=O) groups is 1. The molecule has 0 aromatic carbocycles. The number of likely N-dealkylation sites (N-methyl/N-ethyl adjacent to an activating group) is 1. The molecule has 0 unspecified atom stereocenters. The van der Waals surface area contributed by atoms with Crippen LogP contribution in [-0.4, -0.2) is 60.6 Å². The van der Waals surface area contributed by atoms with Crippen LogP contribution in [-0.2, 0) is 0 Å². The van der Waals surface area contributed by atoms with Crippen molar-refractivity contribution in [3.63, 3.8) is 0 Å². The van der Waals surface area contributed by atoms with Crippen LogP contribution < -0.4 is 0 Å². The van der Waals surface area contributed by atoms with Gasteiger partial charge in [-0.1, -0.05) is 0 Å². The van der Waals surface area contributed by atoms with Gasteiger partial charge in [-0.15, -0.1) is 11.3 Å². The molecule has 0 bridgehead atoms. The minimum Gasteiger partial charge on any atom is -0.396 e. The summed E-state index contributed by atoms with van der Waals surface area (Å²) >= 11 is 1.55. The van der Waals surface area contributed by atoms with Crippen LogP contribution >= 0.6 is 11.3 Å². The third-order valence-electron chi connectivity index (χ3n) is 3.86. The molecule has 1 N–H and O–H groups in total. The van der Waals surface area contributed by atoms with E-state index in [9.17, 15) is 9.90 Å². The molecule has 1 aromatic heterocycles. The lowest BCUT2D eigenvalue weighted by Gasteiger charge is -2.41. The Morgan fingerprint density at radius 2 is 2.26 bits per heavy atom. The van der Waals surface area contributed by atoms with Gasteiger partial charge >= 0.3 is 0 Å². The van der Waals surface area contributed by atoms with E-state index in [0.29, 0.717) is 6.54 Å². The fourth-order valence-corrected chi connectivity index (χ4v) is 3.50. The molecule has 0 aliphatic carbocycles. The van der Waals surface area contributed by atoms with E-state index < -0.39 is 0 Å². The quantitative estimate of drug-likeness (QED) is 0.912. The summed E-state index contributed by atoms with van der Waals surface area (Å²) < 4.78 is 0. The fraction of sp³-hybridized carbons (Fsp3) is 0.643. The van der Waals surface area contributed by atoms with E-state index in [1.54, 1.807) is 11.3 Å². The van der Waals surface area contributed by atoms with Crippen LogP contribution in [0, 0.1) is 12.8 Å². The number of amides is 1. The standard InChI is InChI=1S/C14H22N2O2S/c1-10-4-5-13(19-10)14(18)16-7-6-11(9-17)12(8-16)15(2)3/h4-5,11-12,17H,6-9H2,1-3H3/t11-,12-/m1/s1. The van der Waals surface area contributed by atoms with Crippen LogP contribution in [0.2, 0.25) is 0 Å². The van der Waals surface area contributed by atoms with Crippen molar-refractivity contribution in [2.75, 3.05) is 33.8 Å². The van der Waals surface area contributed by atoms with E-state index in [2.05, 4.69) is 4.90 Å². The lowest BCUT2D eigenvalue weighted by Crippen LogP contribution is -2.52. The highest BCUT2D eigenvalue weighted by atomic mass is 32.1. The first-order chi connectivity index (χ1) is 9.02. The predicted molar refractivity (Wildman–Crippen MR) is 77.6 cm³/mol. The highest BCUT2D eigenvalue weighted by molar-refractivity contribution is 7.13. The van der Waals surface area contributed by atoms with Crippen LogP contribution in [0.3, 0.4) is 0 Å². The fourth-order valence-electron chi connectivity index (χ4n) is 2.67. The largest absolute Gasteiger partial charge is 0.396 e. The first-order valence-corrected chi connectivity index (χ1v) is 7.47. The predicted octanol–water partition coefficient (Wildman–Crippen LogP) is 1.44. The van der Waals surface area contributed by atoms with E-state index in [1.807, 2.05) is 38.1 Å². The molecule has 2 rings (SSSR count). The van der Waals surface area contributed by atoms with Crippen molar-refractivity contribution in [2.45, 2.75) is 19.4 Å². The molecule has 19 heavy (non-hydrogen) atoms. The minimum absolute atomic E-state index is 0.126. The second kappa shape index (κ2) is 6.03. The molecule has 1 aromatic rings. The second-order valence-electron chi connectivity index (χ2n) is 5.42. The molecule has 106 valence electrons. The summed E-state index contributed by atoms with van der Waals surface area (Å²) in [7, 11) is 4.02. The van der Waals surface area contributed by atoms with Crippen LogP contribution in [0.15, 0.2) is 12.1 Å². The van der Waals surface area contributed by atoms with Crippen LogP contribution in [0.4, 0.5) is 0 Å². The summed E-state index contributed by atoms with van der Waals surface area (Å²) in [5.41, 5.74) is 0. The summed E-state index contributed by atoms with van der Waals surface area (Å²) in [5.74, 6) is 0.394. The summed E-state index contributed by atoms with van der Waals surface area (Å²) in [6.45, 7) is 3.66. The van der Waals surface area contributed by atoms with Gasteiger partial charge in [0.15, 0.2) is 0 Å². The van der Waals surface area contributed by atoms with Gasteiger partial charge in [0, 0.05) is 36.5 Å². The molecular formula is C14H22N2O2S. The van der Waals surface area contributed by atoms with Gasteiger partial charge in [0.05, 0.1) is 4.88 Å². The number of aryl methyl sites for hydroxylation is 1. The number of piperidine rings is 1. The lowest BCUT2D eigenvalue weighted by molar-refractivity contribution is 0.0382. The molecule has 2 atom stereocenters. The van der Waals surface area contributed by atoms with Crippen LogP contribution in [0.5, 0.6) is 0 Å². The number of hydrogen-bond donors (Lipinski definition) is 1. The number of hydrogen-bond acceptors (Lipinski definition) is 4. The van der Waals surface area contributed by atoms with Crippen molar-refractivity contribution < 1.29 is 9.90 Å². The number of nitrogens with zero attached hydrogens (tertiary/aromatic N) is 2. The maximum Gasteiger partial charge on any atom is 0.263 e. The van der Waals surface area contributed by atoms with Crippen LogP contribution in [0.25, 0.3) is 0 Å². The van der Waals surface area contributed by atoms with Gasteiger partial charge in [-0.2, -0.15) is 0 Å². The smallest absolute Gasteiger partial charge is 0.263 e. The number of aliphatic hydroxyl groups is 1. The number of aliphatic hydroxyl groups excluding tert-OH is 1. The summed E-state index contributed by atoms with van der Waals surface area (Å²) in [5, 5.41) is 9.43. The maximum atomic E-state index is 12.4. The first-order valence-electron chi connectivity index (χ1n) is 6.66. The van der Waals surface area contributed by atoms with E-state index in [4.69, 9.17) is 0 Å². The van der Waals surface area contributed by atoms with Gasteiger partial charge in [0.25, 0.3) is 5.91 Å². The summed E-state index contributed by atoms with van der Waals surface area (Å²) in [6, 6.07) is 4.14. The zero-order valence-corrected chi connectivity index (χ0v) is 12.6. The third kappa shape index (κ3) is 3.16. The highest BCUT2D eigenvalue weighted by Crippen LogP contribution is 2.24. The van der Waals surface area contributed by atoms with E-state index in [1.165, 1.54) is 0 Å². The molecular weight excluding hydrogens is 260 g/mol. The first kappa shape index (κ1) is 14.5. The number of thiophene rings is 1. The van der Waals surface area contributed by atoms with Gasteiger partial charge in [0.2, 0.25) is 0 Å². The summed E-state index contributed by atoms with van der Waals surface area (Å²) in [4.78, 5) is 18.4. The number of carbonyl (C=O) groups excluding carboxylic acids is 1. The summed E-state index contributed by atoms with van der Waals surface area (Å²) in [6.07, 6.45) is 0.870. The Morgan fingerprint density at radius 1 is 1.53 bits per heavy atom. The van der Waals surface area contributed by atoms with Crippen molar-refractivity contribution in [3.8, 4) is 0 Å². The third-order valence-corrected chi connectivity index (χ3v) is 4.85. The topological polar surface area (TPSA) is 43.8 Å². The van der Waals surface area contributed by atoms with Gasteiger partial charge < -0.3 is 14.9 Å². The zero-order chi connectivity index (χ0) is 14.0. The molecule has 0 saturated carbocycles. The van der Waals surface area contributed by atoms with Crippen molar-refractivity contribution in [2.24, 2.45) is 5.92 Å². The van der Waals surface area contributed by atoms with Gasteiger partial charge in [0.1, 0.15) is 0 Å². The second-order valence-corrected chi connectivity index (χ2v) is 6.71. The Bertz CT molecular complexity index is 444. The molecule has 5 heteroatoms. The lowest BCUT2D eigenvalue weighted by atomic mass is 9.91. The van der Waals surface area contributed by atoms with Gasteiger partial charge in [-0.25, -0.2) is 0 Å². The van der Waals surface area contributed by atoms with Crippen molar-refractivity contribution in [1.29, 1.82) is 0 Å². The number of rotatable bonds is 3. The molecule has 1 aliphatic rings. The highest BCUT2D eigenvalue weighted by Gasteiger charge is 2.32. The molecule has 2 heterocycles. The van der Waals surface area contributed by atoms with Crippen molar-refractivity contribution >= 4 is 17.2 Å². The van der Waals surface area contributed by atoms with E-state index in [-0.39, 0.29) is 24.5 Å². The Kier molecular flexibility index (Phi) is 4.60.